The van der Waals surface area contributed by atoms with E-state index < -0.39 is 6.04 Å². The van der Waals surface area contributed by atoms with Crippen LogP contribution in [0.25, 0.3) is 5.69 Å². The molecule has 1 aromatic carbocycles. The fraction of sp³-hybridized carbons (Fsp3) is 0.429. The van der Waals surface area contributed by atoms with Crippen LogP contribution in [0.3, 0.4) is 0 Å². The molecule has 1 unspecified atom stereocenters. The van der Waals surface area contributed by atoms with E-state index in [2.05, 4.69) is 28.2 Å². The molecule has 0 fully saturated rings. The number of hydrogen-bond donors (Lipinski definition) is 2. The Balaban J connectivity index is 2.34. The van der Waals surface area contributed by atoms with Crippen molar-refractivity contribution in [3.05, 3.63) is 52.8 Å². The topological polar surface area (TPSA) is 63.1 Å². The van der Waals surface area contributed by atoms with Crippen LogP contribution in [0.4, 0.5) is 0 Å². The number of aromatic nitrogens is 1. The molecule has 140 valence electrons. The molecule has 2 amide bonds. The normalized spacial score (nSPS) is 12.1. The van der Waals surface area contributed by atoms with E-state index in [1.54, 1.807) is 7.05 Å². The largest absolute Gasteiger partial charge is 0.357 e. The maximum absolute atomic E-state index is 12.9. The summed E-state index contributed by atoms with van der Waals surface area (Å²) in [5.74, 6) is -0.0797. The van der Waals surface area contributed by atoms with Gasteiger partial charge in [-0.15, -0.1) is 0 Å². The zero-order valence-corrected chi connectivity index (χ0v) is 16.5. The lowest BCUT2D eigenvalue weighted by Gasteiger charge is -2.19. The average molecular weight is 355 g/mol. The van der Waals surface area contributed by atoms with E-state index in [-0.39, 0.29) is 11.8 Å². The molecule has 5 nitrogen and oxygen atoms in total. The molecule has 0 aliphatic heterocycles. The number of hydrogen-bond acceptors (Lipinski definition) is 2. The number of aryl methyl sites for hydroxylation is 2. The summed E-state index contributed by atoms with van der Waals surface area (Å²) in [5.41, 5.74) is 4.66. The van der Waals surface area contributed by atoms with Crippen molar-refractivity contribution in [1.82, 2.24) is 15.2 Å². The van der Waals surface area contributed by atoms with Gasteiger partial charge in [0.25, 0.3) is 5.91 Å². The number of benzene rings is 1. The number of nitrogens with one attached hydrogen (secondary N) is 2. The molecule has 1 atom stereocenters. The van der Waals surface area contributed by atoms with Crippen molar-refractivity contribution >= 4 is 11.8 Å². The fourth-order valence-corrected chi connectivity index (χ4v) is 3.29. The molecule has 0 radical (unpaired) electrons. The molecule has 0 saturated carbocycles. The van der Waals surface area contributed by atoms with Crippen LogP contribution in [0.15, 0.2) is 30.3 Å². The first-order valence-electron chi connectivity index (χ1n) is 9.03. The third kappa shape index (κ3) is 4.15. The van der Waals surface area contributed by atoms with Gasteiger partial charge >= 0.3 is 0 Å². The van der Waals surface area contributed by atoms with Crippen molar-refractivity contribution in [2.24, 2.45) is 5.92 Å². The van der Waals surface area contributed by atoms with Crippen LogP contribution >= 0.6 is 0 Å². The Hall–Kier alpha value is -2.56. The minimum atomic E-state index is -0.533. The second-order valence-corrected chi connectivity index (χ2v) is 7.18. The molecule has 0 aliphatic carbocycles. The number of likely N-dealkylation sites (N-methyl/N-ethyl adjacent to an activating group) is 1. The molecule has 1 heterocycles. The van der Waals surface area contributed by atoms with Crippen LogP contribution in [0.1, 0.15) is 47.6 Å². The summed E-state index contributed by atoms with van der Waals surface area (Å²) in [4.78, 5) is 25.0. The molecule has 0 bridgehead atoms. The average Bonchev–Trinajstić information content (AvgIpc) is 2.88. The van der Waals surface area contributed by atoms with Crippen molar-refractivity contribution in [2.45, 2.75) is 47.1 Å². The summed E-state index contributed by atoms with van der Waals surface area (Å²) in [7, 11) is 1.59. The van der Waals surface area contributed by atoms with Gasteiger partial charge in [0.15, 0.2) is 0 Å². The van der Waals surface area contributed by atoms with Gasteiger partial charge in [-0.1, -0.05) is 32.0 Å². The summed E-state index contributed by atoms with van der Waals surface area (Å²) < 4.78 is 2.08. The van der Waals surface area contributed by atoms with Crippen molar-refractivity contribution in [3.63, 3.8) is 0 Å². The van der Waals surface area contributed by atoms with Gasteiger partial charge in [-0.05, 0) is 50.8 Å². The van der Waals surface area contributed by atoms with Crippen LogP contribution in [0.5, 0.6) is 0 Å². The van der Waals surface area contributed by atoms with E-state index in [0.717, 1.165) is 22.6 Å². The van der Waals surface area contributed by atoms with Gasteiger partial charge in [0.1, 0.15) is 6.04 Å². The molecule has 0 spiro atoms. The lowest BCUT2D eigenvalue weighted by atomic mass is 10.0. The van der Waals surface area contributed by atoms with Gasteiger partial charge < -0.3 is 15.2 Å². The highest BCUT2D eigenvalue weighted by Crippen LogP contribution is 2.23. The summed E-state index contributed by atoms with van der Waals surface area (Å²) in [6.45, 7) is 10.0. The third-order valence-electron chi connectivity index (χ3n) is 4.61. The molecule has 2 rings (SSSR count). The lowest BCUT2D eigenvalue weighted by molar-refractivity contribution is -0.122. The minimum Gasteiger partial charge on any atom is -0.357 e. The van der Waals surface area contributed by atoms with E-state index in [0.29, 0.717) is 17.9 Å². The first kappa shape index (κ1) is 19.8. The smallest absolute Gasteiger partial charge is 0.253 e. The van der Waals surface area contributed by atoms with Gasteiger partial charge in [-0.3, -0.25) is 9.59 Å². The molecular weight excluding hydrogens is 326 g/mol. The molecule has 0 saturated heterocycles. The SMILES string of the molecule is CNC(=O)C(CC(C)C)NC(=O)c1cc(C)n(-c2ccccc2C)c1C. The van der Waals surface area contributed by atoms with Gasteiger partial charge in [0.05, 0.1) is 5.56 Å². The van der Waals surface area contributed by atoms with Crippen molar-refractivity contribution < 1.29 is 9.59 Å². The van der Waals surface area contributed by atoms with Crippen molar-refractivity contribution in [1.29, 1.82) is 0 Å². The van der Waals surface area contributed by atoms with E-state index in [1.807, 2.05) is 52.0 Å². The first-order valence-corrected chi connectivity index (χ1v) is 9.03. The number of amides is 2. The highest BCUT2D eigenvalue weighted by atomic mass is 16.2. The van der Waals surface area contributed by atoms with Gasteiger partial charge in [-0.25, -0.2) is 0 Å². The second kappa shape index (κ2) is 8.21. The number of para-hydroxylation sites is 1. The van der Waals surface area contributed by atoms with E-state index in [4.69, 9.17) is 0 Å². The fourth-order valence-electron chi connectivity index (χ4n) is 3.29. The Morgan fingerprint density at radius 1 is 1.12 bits per heavy atom. The van der Waals surface area contributed by atoms with E-state index in [1.165, 1.54) is 0 Å². The molecule has 1 aromatic heterocycles. The van der Waals surface area contributed by atoms with Crippen molar-refractivity contribution in [2.75, 3.05) is 7.05 Å². The van der Waals surface area contributed by atoms with Crippen LogP contribution in [0, 0.1) is 26.7 Å². The van der Waals surface area contributed by atoms with Crippen LogP contribution in [-0.4, -0.2) is 29.5 Å². The number of nitrogens with zero attached hydrogens (tertiary/aromatic N) is 1. The zero-order chi connectivity index (χ0) is 19.4. The summed E-state index contributed by atoms with van der Waals surface area (Å²) >= 11 is 0. The van der Waals surface area contributed by atoms with Crippen molar-refractivity contribution in [3.8, 4) is 5.69 Å². The molecule has 26 heavy (non-hydrogen) atoms. The Morgan fingerprint density at radius 2 is 1.77 bits per heavy atom. The predicted molar refractivity (Wildman–Crippen MR) is 105 cm³/mol. The number of carbonyl (C=O) groups excluding carboxylic acids is 2. The summed E-state index contributed by atoms with van der Waals surface area (Å²) in [6.07, 6.45) is 0.599. The standard InChI is InChI=1S/C21H29N3O2/c1-13(2)11-18(21(26)22-6)23-20(25)17-12-15(4)24(16(17)5)19-10-8-7-9-14(19)3/h7-10,12-13,18H,11H2,1-6H3,(H,22,26)(H,23,25). The predicted octanol–water partition coefficient (Wildman–Crippen LogP) is 3.29. The quantitative estimate of drug-likeness (QED) is 0.835. The highest BCUT2D eigenvalue weighted by Gasteiger charge is 2.24. The monoisotopic (exact) mass is 355 g/mol. The minimum absolute atomic E-state index is 0.167. The van der Waals surface area contributed by atoms with Crippen LogP contribution in [0.2, 0.25) is 0 Å². The molecule has 5 heteroatoms. The Morgan fingerprint density at radius 3 is 2.35 bits per heavy atom. The maximum Gasteiger partial charge on any atom is 0.253 e. The molecule has 0 aliphatic rings. The highest BCUT2D eigenvalue weighted by molar-refractivity contribution is 5.98. The van der Waals surface area contributed by atoms with E-state index >= 15 is 0 Å². The number of carbonyl (C=O) groups is 2. The second-order valence-electron chi connectivity index (χ2n) is 7.18. The zero-order valence-electron chi connectivity index (χ0n) is 16.5. The summed E-state index contributed by atoms with van der Waals surface area (Å²) in [5, 5.41) is 5.53. The third-order valence-corrected chi connectivity index (χ3v) is 4.61. The summed E-state index contributed by atoms with van der Waals surface area (Å²) in [6, 6.07) is 9.44. The molecular formula is C21H29N3O2. The van der Waals surface area contributed by atoms with Crippen LogP contribution < -0.4 is 10.6 Å². The first-order chi connectivity index (χ1) is 12.3. The Kier molecular flexibility index (Phi) is 6.24. The van der Waals surface area contributed by atoms with Gasteiger partial charge in [0, 0.05) is 24.1 Å². The Bertz CT molecular complexity index is 806. The lowest BCUT2D eigenvalue weighted by Crippen LogP contribution is -2.46. The molecule has 2 N–H and O–H groups in total. The van der Waals surface area contributed by atoms with Gasteiger partial charge in [-0.2, -0.15) is 0 Å². The van der Waals surface area contributed by atoms with E-state index in [9.17, 15) is 9.59 Å². The number of rotatable bonds is 6. The van der Waals surface area contributed by atoms with Gasteiger partial charge in [0.2, 0.25) is 5.91 Å². The maximum atomic E-state index is 12.9. The Labute approximate surface area is 155 Å². The molecule has 2 aromatic rings. The van der Waals surface area contributed by atoms with Crippen LogP contribution in [-0.2, 0) is 4.79 Å².